The Hall–Kier alpha value is -0.770. The summed E-state index contributed by atoms with van der Waals surface area (Å²) in [6, 6.07) is 0. The van der Waals surface area contributed by atoms with Crippen LogP contribution in [0.4, 0.5) is 0 Å². The Morgan fingerprint density at radius 3 is 2.39 bits per heavy atom. The van der Waals surface area contributed by atoms with Crippen molar-refractivity contribution < 1.29 is 39.4 Å². The lowest BCUT2D eigenvalue weighted by Gasteiger charge is -2.40. The van der Waals surface area contributed by atoms with E-state index in [-0.39, 0.29) is 0 Å². The average Bonchev–Trinajstić information content (AvgIpc) is 2.38. The van der Waals surface area contributed by atoms with Crippen molar-refractivity contribution in [2.45, 2.75) is 43.7 Å². The summed E-state index contributed by atoms with van der Waals surface area (Å²) in [5.41, 5.74) is 0. The van der Waals surface area contributed by atoms with Gasteiger partial charge in [-0.3, -0.25) is 0 Å². The maximum Gasteiger partial charge on any atom is 0.334 e. The molecule has 0 radical (unpaired) electrons. The maximum absolute atomic E-state index is 11.1. The third-order valence-corrected chi connectivity index (χ3v) is 2.72. The molecule has 3 unspecified atom stereocenters. The van der Waals surface area contributed by atoms with Gasteiger partial charge >= 0.3 is 5.97 Å². The molecule has 1 aliphatic rings. The van der Waals surface area contributed by atoms with E-state index >= 15 is 0 Å². The second-order valence-electron chi connectivity index (χ2n) is 4.00. The second-order valence-corrected chi connectivity index (χ2v) is 4.00. The zero-order valence-electron chi connectivity index (χ0n) is 10.1. The van der Waals surface area contributed by atoms with Crippen LogP contribution in [0.5, 0.6) is 0 Å². The first-order chi connectivity index (χ1) is 8.42. The van der Waals surface area contributed by atoms with Crippen LogP contribution in [-0.4, -0.2) is 76.9 Å². The van der Waals surface area contributed by atoms with Gasteiger partial charge in [0.25, 0.3) is 0 Å². The van der Waals surface area contributed by atoms with E-state index in [4.69, 9.17) is 14.6 Å². The molecular formula is C10H18O8. The van der Waals surface area contributed by atoms with E-state index in [1.165, 1.54) is 14.0 Å². The average molecular weight is 266 g/mol. The number of aliphatic hydroxyl groups excluding tert-OH is 4. The highest BCUT2D eigenvalue weighted by Gasteiger charge is 2.45. The lowest BCUT2D eigenvalue weighted by atomic mass is 9.99. The molecule has 1 fully saturated rings. The molecule has 106 valence electrons. The zero-order valence-corrected chi connectivity index (χ0v) is 10.1. The Morgan fingerprint density at radius 1 is 1.28 bits per heavy atom. The highest BCUT2D eigenvalue weighted by Crippen LogP contribution is 2.22. The van der Waals surface area contributed by atoms with E-state index in [1.54, 1.807) is 0 Å². The molecule has 8 heteroatoms. The quantitative estimate of drug-likeness (QED) is 0.407. The molecule has 4 N–H and O–H groups in total. The van der Waals surface area contributed by atoms with Crippen molar-refractivity contribution >= 4 is 5.97 Å². The molecule has 0 aromatic rings. The van der Waals surface area contributed by atoms with Crippen molar-refractivity contribution in [3.8, 4) is 0 Å². The van der Waals surface area contributed by atoms with Crippen LogP contribution in [0.25, 0.3) is 0 Å². The highest BCUT2D eigenvalue weighted by atomic mass is 16.7. The molecule has 0 bridgehead atoms. The van der Waals surface area contributed by atoms with E-state index in [0.29, 0.717) is 0 Å². The van der Waals surface area contributed by atoms with E-state index in [1.807, 2.05) is 0 Å². The molecule has 0 amide bonds. The first kappa shape index (κ1) is 15.3. The molecule has 1 rings (SSSR count). The SMILES string of the molecule is COC(=O)C(C)O[C@@H]1OC(CO)[C@H](O)[C@H](O)C1O. The standard InChI is InChI=1S/C10H18O8/c1-4(9(15)16-2)17-10-8(14)7(13)6(12)5(3-11)18-10/h4-8,10-14H,3H2,1-2H3/t4?,5?,6-,7-,8?,10+/m0/s1. The largest absolute Gasteiger partial charge is 0.467 e. The molecule has 1 aliphatic heterocycles. The Kier molecular flexibility index (Phi) is 5.45. The molecule has 0 aromatic heterocycles. The summed E-state index contributed by atoms with van der Waals surface area (Å²) in [5, 5.41) is 37.6. The number of carbonyl (C=O) groups excluding carboxylic acids is 1. The van der Waals surface area contributed by atoms with Gasteiger partial charge in [0.15, 0.2) is 12.4 Å². The number of aliphatic hydroxyl groups is 4. The van der Waals surface area contributed by atoms with Gasteiger partial charge in [0.05, 0.1) is 13.7 Å². The second kappa shape index (κ2) is 6.41. The van der Waals surface area contributed by atoms with Crippen molar-refractivity contribution in [2.75, 3.05) is 13.7 Å². The van der Waals surface area contributed by atoms with E-state index in [9.17, 15) is 20.1 Å². The van der Waals surface area contributed by atoms with Crippen LogP contribution >= 0.6 is 0 Å². The minimum absolute atomic E-state index is 0.558. The van der Waals surface area contributed by atoms with Crippen molar-refractivity contribution in [3.63, 3.8) is 0 Å². The van der Waals surface area contributed by atoms with Crippen molar-refractivity contribution in [1.29, 1.82) is 0 Å². The summed E-state index contributed by atoms with van der Waals surface area (Å²) in [6.45, 7) is 0.824. The third-order valence-electron chi connectivity index (χ3n) is 2.72. The fraction of sp³-hybridized carbons (Fsp3) is 0.900. The van der Waals surface area contributed by atoms with Crippen molar-refractivity contribution in [1.82, 2.24) is 0 Å². The monoisotopic (exact) mass is 266 g/mol. The summed E-state index contributed by atoms with van der Waals surface area (Å²) in [7, 11) is 1.18. The van der Waals surface area contributed by atoms with Gasteiger partial charge in [-0.25, -0.2) is 4.79 Å². The molecule has 0 saturated carbocycles. The number of esters is 1. The maximum atomic E-state index is 11.1. The Morgan fingerprint density at radius 2 is 1.89 bits per heavy atom. The topological polar surface area (TPSA) is 126 Å². The van der Waals surface area contributed by atoms with Gasteiger partial charge in [-0.1, -0.05) is 0 Å². The predicted octanol–water partition coefficient (Wildman–Crippen LogP) is -2.64. The number of carbonyl (C=O) groups is 1. The van der Waals surface area contributed by atoms with Gasteiger partial charge in [-0.2, -0.15) is 0 Å². The number of hydrogen-bond donors (Lipinski definition) is 4. The molecule has 0 aromatic carbocycles. The zero-order chi connectivity index (χ0) is 13.9. The fourth-order valence-electron chi connectivity index (χ4n) is 1.60. The van der Waals surface area contributed by atoms with Crippen LogP contribution in [0, 0.1) is 0 Å². The van der Waals surface area contributed by atoms with Gasteiger partial charge < -0.3 is 34.6 Å². The Labute approximate surface area is 104 Å². The van der Waals surface area contributed by atoms with E-state index in [2.05, 4.69) is 4.74 Å². The summed E-state index contributed by atoms with van der Waals surface area (Å²) in [4.78, 5) is 11.1. The summed E-state index contributed by atoms with van der Waals surface area (Å²) < 4.78 is 14.6. The number of hydrogen-bond acceptors (Lipinski definition) is 8. The lowest BCUT2D eigenvalue weighted by Crippen LogP contribution is -2.59. The lowest BCUT2D eigenvalue weighted by molar-refractivity contribution is -0.308. The molecule has 6 atom stereocenters. The minimum atomic E-state index is -1.54. The van der Waals surface area contributed by atoms with Gasteiger partial charge in [0.2, 0.25) is 0 Å². The van der Waals surface area contributed by atoms with Gasteiger partial charge in [-0.15, -0.1) is 0 Å². The minimum Gasteiger partial charge on any atom is -0.467 e. The number of methoxy groups -OCH3 is 1. The molecule has 1 heterocycles. The third kappa shape index (κ3) is 3.16. The molecule has 1 saturated heterocycles. The molecule has 0 aliphatic carbocycles. The van der Waals surface area contributed by atoms with Gasteiger partial charge in [-0.05, 0) is 6.92 Å². The fourth-order valence-corrected chi connectivity index (χ4v) is 1.60. The number of ether oxygens (including phenoxy) is 3. The Bertz CT molecular complexity index is 281. The number of rotatable bonds is 4. The first-order valence-corrected chi connectivity index (χ1v) is 5.46. The van der Waals surface area contributed by atoms with Gasteiger partial charge in [0.1, 0.15) is 24.4 Å². The summed E-state index contributed by atoms with van der Waals surface area (Å²) in [5.74, 6) is -0.674. The van der Waals surface area contributed by atoms with Crippen molar-refractivity contribution in [3.05, 3.63) is 0 Å². The van der Waals surface area contributed by atoms with E-state index in [0.717, 1.165) is 0 Å². The van der Waals surface area contributed by atoms with Crippen LogP contribution < -0.4 is 0 Å². The predicted molar refractivity (Wildman–Crippen MR) is 56.3 cm³/mol. The van der Waals surface area contributed by atoms with Crippen LogP contribution in [-0.2, 0) is 19.0 Å². The van der Waals surface area contributed by atoms with Gasteiger partial charge in [0, 0.05) is 0 Å². The molecule has 8 nitrogen and oxygen atoms in total. The van der Waals surface area contributed by atoms with Crippen LogP contribution in [0.15, 0.2) is 0 Å². The molecule has 18 heavy (non-hydrogen) atoms. The normalized spacial score (nSPS) is 38.2. The van der Waals surface area contributed by atoms with Crippen LogP contribution in [0.3, 0.4) is 0 Å². The first-order valence-electron chi connectivity index (χ1n) is 5.46. The van der Waals surface area contributed by atoms with E-state index < -0.39 is 49.4 Å². The van der Waals surface area contributed by atoms with Crippen LogP contribution in [0.2, 0.25) is 0 Å². The molecule has 0 spiro atoms. The summed E-state index contributed by atoms with van der Waals surface area (Å²) >= 11 is 0. The Balaban J connectivity index is 2.67. The summed E-state index contributed by atoms with van der Waals surface area (Å²) in [6.07, 6.45) is -7.96. The highest BCUT2D eigenvalue weighted by molar-refractivity contribution is 5.73. The molecular weight excluding hydrogens is 248 g/mol. The van der Waals surface area contributed by atoms with Crippen molar-refractivity contribution in [2.24, 2.45) is 0 Å². The smallest absolute Gasteiger partial charge is 0.334 e. The van der Waals surface area contributed by atoms with Crippen LogP contribution in [0.1, 0.15) is 6.92 Å².